The summed E-state index contributed by atoms with van der Waals surface area (Å²) < 4.78 is 6.39. The van der Waals surface area contributed by atoms with Gasteiger partial charge in [0.15, 0.2) is 8.32 Å². The zero-order valence-electron chi connectivity index (χ0n) is 20.2. The van der Waals surface area contributed by atoms with Crippen LogP contribution in [0.5, 0.6) is 0 Å². The van der Waals surface area contributed by atoms with Crippen LogP contribution in [0.1, 0.15) is 64.5 Å². The van der Waals surface area contributed by atoms with Crippen LogP contribution in [0.2, 0.25) is 18.1 Å². The summed E-state index contributed by atoms with van der Waals surface area (Å²) in [6.07, 6.45) is 3.67. The summed E-state index contributed by atoms with van der Waals surface area (Å²) in [5, 5.41) is 3.44. The third-order valence-electron chi connectivity index (χ3n) is 7.20. The summed E-state index contributed by atoms with van der Waals surface area (Å²) >= 11 is 0. The second-order valence-electron chi connectivity index (χ2n) is 10.3. The summed E-state index contributed by atoms with van der Waals surface area (Å²) in [4.78, 5) is 13.7. The Kier molecular flexibility index (Phi) is 7.12. The molecule has 0 fully saturated rings. The summed E-state index contributed by atoms with van der Waals surface area (Å²) in [6.45, 7) is 15.0. The summed E-state index contributed by atoms with van der Waals surface area (Å²) in [6, 6.07) is 16.9. The van der Waals surface area contributed by atoms with Gasteiger partial charge in [0.1, 0.15) is 5.41 Å². The van der Waals surface area contributed by atoms with Gasteiger partial charge in [0.2, 0.25) is 5.91 Å². The molecule has 31 heavy (non-hydrogen) atoms. The van der Waals surface area contributed by atoms with Crippen molar-refractivity contribution in [2.45, 2.75) is 76.9 Å². The van der Waals surface area contributed by atoms with Crippen LogP contribution in [0.25, 0.3) is 11.1 Å². The molecule has 1 amide bonds. The van der Waals surface area contributed by atoms with Crippen molar-refractivity contribution in [1.29, 1.82) is 0 Å². The SMILES string of the molecule is CCCNC(=O)C1(CCCCO[Si](C)(C)C(C)(C)C)c2ccccc2-c2ccccc21. The maximum absolute atomic E-state index is 13.7. The van der Waals surface area contributed by atoms with E-state index in [1.165, 1.54) is 11.1 Å². The van der Waals surface area contributed by atoms with Crippen LogP contribution in [0.3, 0.4) is 0 Å². The van der Waals surface area contributed by atoms with E-state index in [1.807, 2.05) is 0 Å². The fraction of sp³-hybridized carbons (Fsp3) is 0.519. The Morgan fingerprint density at radius 2 is 1.52 bits per heavy atom. The van der Waals surface area contributed by atoms with Crippen molar-refractivity contribution in [3.63, 3.8) is 0 Å². The van der Waals surface area contributed by atoms with Crippen LogP contribution < -0.4 is 5.32 Å². The van der Waals surface area contributed by atoms with Gasteiger partial charge in [0, 0.05) is 13.2 Å². The normalized spacial score (nSPS) is 14.8. The van der Waals surface area contributed by atoms with E-state index in [0.717, 1.165) is 43.4 Å². The number of carbonyl (C=O) groups excluding carboxylic acids is 1. The molecule has 0 bridgehead atoms. The second kappa shape index (κ2) is 9.29. The lowest BCUT2D eigenvalue weighted by Crippen LogP contribution is -2.44. The number of hydrogen-bond donors (Lipinski definition) is 1. The fourth-order valence-electron chi connectivity index (χ4n) is 4.38. The lowest BCUT2D eigenvalue weighted by molar-refractivity contribution is -0.125. The molecule has 2 aromatic carbocycles. The van der Waals surface area contributed by atoms with E-state index in [-0.39, 0.29) is 10.9 Å². The average molecular weight is 438 g/mol. The van der Waals surface area contributed by atoms with Gasteiger partial charge in [-0.3, -0.25) is 4.79 Å². The Morgan fingerprint density at radius 3 is 2.03 bits per heavy atom. The molecule has 0 unspecified atom stereocenters. The van der Waals surface area contributed by atoms with Gasteiger partial charge < -0.3 is 9.74 Å². The molecule has 2 aromatic rings. The maximum Gasteiger partial charge on any atom is 0.235 e. The van der Waals surface area contributed by atoms with Gasteiger partial charge in [0.05, 0.1) is 0 Å². The molecule has 0 saturated carbocycles. The first-order valence-electron chi connectivity index (χ1n) is 11.8. The molecule has 0 radical (unpaired) electrons. The Hall–Kier alpha value is -1.91. The quantitative estimate of drug-likeness (QED) is 0.351. The lowest BCUT2D eigenvalue weighted by Gasteiger charge is -2.36. The molecule has 4 heteroatoms. The highest BCUT2D eigenvalue weighted by molar-refractivity contribution is 6.74. The molecule has 3 nitrogen and oxygen atoms in total. The van der Waals surface area contributed by atoms with Crippen molar-refractivity contribution >= 4 is 14.2 Å². The second-order valence-corrected chi connectivity index (χ2v) is 15.1. The van der Waals surface area contributed by atoms with Crippen LogP contribution in [-0.2, 0) is 14.6 Å². The topological polar surface area (TPSA) is 38.3 Å². The van der Waals surface area contributed by atoms with Crippen molar-refractivity contribution in [3.05, 3.63) is 59.7 Å². The molecule has 1 aliphatic carbocycles. The molecule has 0 aliphatic heterocycles. The lowest BCUT2D eigenvalue weighted by atomic mass is 9.73. The molecule has 0 heterocycles. The van der Waals surface area contributed by atoms with Crippen molar-refractivity contribution in [2.24, 2.45) is 0 Å². The predicted molar refractivity (Wildman–Crippen MR) is 133 cm³/mol. The number of hydrogen-bond acceptors (Lipinski definition) is 2. The highest BCUT2D eigenvalue weighted by atomic mass is 28.4. The number of benzene rings is 2. The van der Waals surface area contributed by atoms with Gasteiger partial charge in [0.25, 0.3) is 0 Å². The van der Waals surface area contributed by atoms with Crippen molar-refractivity contribution in [1.82, 2.24) is 5.32 Å². The van der Waals surface area contributed by atoms with Crippen molar-refractivity contribution < 1.29 is 9.22 Å². The van der Waals surface area contributed by atoms with E-state index in [4.69, 9.17) is 4.43 Å². The van der Waals surface area contributed by atoms with E-state index in [2.05, 4.69) is 94.6 Å². The fourth-order valence-corrected chi connectivity index (χ4v) is 5.47. The Bertz CT molecular complexity index is 868. The third kappa shape index (κ3) is 4.51. The first-order chi connectivity index (χ1) is 14.6. The monoisotopic (exact) mass is 437 g/mol. The average Bonchev–Trinajstić information content (AvgIpc) is 3.02. The first kappa shape index (κ1) is 23.7. The predicted octanol–water partition coefficient (Wildman–Crippen LogP) is 6.67. The summed E-state index contributed by atoms with van der Waals surface area (Å²) in [7, 11) is -1.74. The number of nitrogens with one attached hydrogen (secondary N) is 1. The Labute approximate surface area is 189 Å². The molecular weight excluding hydrogens is 398 g/mol. The Morgan fingerprint density at radius 1 is 0.968 bits per heavy atom. The third-order valence-corrected chi connectivity index (χ3v) is 11.7. The minimum atomic E-state index is -1.74. The van der Waals surface area contributed by atoms with E-state index in [1.54, 1.807) is 0 Å². The smallest absolute Gasteiger partial charge is 0.235 e. The molecule has 1 aliphatic rings. The van der Waals surface area contributed by atoms with Gasteiger partial charge in [-0.05, 0) is 66.1 Å². The number of rotatable bonds is 9. The highest BCUT2D eigenvalue weighted by Gasteiger charge is 2.48. The highest BCUT2D eigenvalue weighted by Crippen LogP contribution is 2.51. The molecule has 168 valence electrons. The number of carbonyl (C=O) groups is 1. The van der Waals surface area contributed by atoms with Crippen LogP contribution >= 0.6 is 0 Å². The minimum Gasteiger partial charge on any atom is -0.417 e. The van der Waals surface area contributed by atoms with Gasteiger partial charge in [-0.25, -0.2) is 0 Å². The maximum atomic E-state index is 13.7. The zero-order valence-corrected chi connectivity index (χ0v) is 21.2. The summed E-state index contributed by atoms with van der Waals surface area (Å²) in [5.74, 6) is 0.136. The molecule has 1 N–H and O–H groups in total. The summed E-state index contributed by atoms with van der Waals surface area (Å²) in [5.41, 5.74) is 4.08. The number of amides is 1. The number of fused-ring (bicyclic) bond motifs is 3. The van der Waals surface area contributed by atoms with Gasteiger partial charge in [-0.15, -0.1) is 0 Å². The van der Waals surface area contributed by atoms with Crippen LogP contribution in [0, 0.1) is 0 Å². The van der Waals surface area contributed by atoms with Crippen LogP contribution in [0.15, 0.2) is 48.5 Å². The molecular formula is C27H39NO2Si. The van der Waals surface area contributed by atoms with E-state index >= 15 is 0 Å². The molecule has 0 atom stereocenters. The molecule has 0 aromatic heterocycles. The largest absolute Gasteiger partial charge is 0.417 e. The van der Waals surface area contributed by atoms with Crippen LogP contribution in [0.4, 0.5) is 0 Å². The molecule has 3 rings (SSSR count). The van der Waals surface area contributed by atoms with Crippen molar-refractivity contribution in [2.75, 3.05) is 13.2 Å². The minimum absolute atomic E-state index is 0.136. The van der Waals surface area contributed by atoms with Crippen LogP contribution in [-0.4, -0.2) is 27.4 Å². The standard InChI is InChI=1S/C27H39NO2Si/c1-7-19-28-25(29)27(18-12-13-20-30-31(5,6)26(2,3)4)23-16-10-8-14-21(23)22-15-9-11-17-24(22)27/h8-11,14-17H,7,12-13,18-20H2,1-6H3,(H,28,29). The molecule has 0 saturated heterocycles. The molecule has 0 spiro atoms. The van der Waals surface area contributed by atoms with Gasteiger partial charge in [-0.1, -0.05) is 76.2 Å². The van der Waals surface area contributed by atoms with Crippen molar-refractivity contribution in [3.8, 4) is 11.1 Å². The Balaban J connectivity index is 1.84. The first-order valence-corrected chi connectivity index (χ1v) is 14.7. The van der Waals surface area contributed by atoms with E-state index in [0.29, 0.717) is 6.54 Å². The van der Waals surface area contributed by atoms with Gasteiger partial charge in [-0.2, -0.15) is 0 Å². The van der Waals surface area contributed by atoms with E-state index < -0.39 is 13.7 Å². The van der Waals surface area contributed by atoms with Gasteiger partial charge >= 0.3 is 0 Å². The zero-order chi connectivity index (χ0) is 22.7. The number of unbranched alkanes of at least 4 members (excludes halogenated alkanes) is 1. The van der Waals surface area contributed by atoms with E-state index in [9.17, 15) is 4.79 Å².